The van der Waals surface area contributed by atoms with Gasteiger partial charge in [0.2, 0.25) is 11.8 Å². The number of nitrogens with zero attached hydrogens (tertiary/aromatic N) is 1. The lowest BCUT2D eigenvalue weighted by Gasteiger charge is -2.28. The zero-order valence-corrected chi connectivity index (χ0v) is 15.9. The van der Waals surface area contributed by atoms with E-state index in [-0.39, 0.29) is 18.2 Å². The molecule has 1 fully saturated rings. The molecule has 2 heterocycles. The van der Waals surface area contributed by atoms with Crippen LogP contribution in [0.15, 0.2) is 48.8 Å². The molecule has 0 spiro atoms. The molecular formula is C21H25N3O4. The molecule has 0 saturated carbocycles. The summed E-state index contributed by atoms with van der Waals surface area (Å²) in [4.78, 5) is 42.2. The van der Waals surface area contributed by atoms with Crippen LogP contribution >= 0.6 is 0 Å². The van der Waals surface area contributed by atoms with Gasteiger partial charge in [0.15, 0.2) is 0 Å². The molecular weight excluding hydrogens is 358 g/mol. The number of nitrogens with one attached hydrogen (secondary N) is 2. The number of aromatic nitrogens is 1. The molecule has 0 radical (unpaired) electrons. The molecule has 7 nitrogen and oxygen atoms in total. The smallest absolute Gasteiger partial charge is 0.328 e. The van der Waals surface area contributed by atoms with E-state index in [0.717, 1.165) is 17.5 Å². The Morgan fingerprint density at radius 2 is 2.00 bits per heavy atom. The normalized spacial score (nSPS) is 17.2. The highest BCUT2D eigenvalue weighted by Gasteiger charge is 2.38. The third kappa shape index (κ3) is 4.79. The van der Waals surface area contributed by atoms with Crippen LogP contribution in [-0.4, -0.2) is 53.4 Å². The van der Waals surface area contributed by atoms with Crippen molar-refractivity contribution in [3.63, 3.8) is 0 Å². The maximum atomic E-state index is 13.2. The minimum absolute atomic E-state index is 0.183. The number of carbonyl (C=O) groups excluding carboxylic acids is 3. The third-order valence-electron chi connectivity index (χ3n) is 4.95. The molecule has 1 saturated heterocycles. The maximum Gasteiger partial charge on any atom is 0.328 e. The van der Waals surface area contributed by atoms with E-state index in [4.69, 9.17) is 4.74 Å². The molecule has 2 atom stereocenters. The van der Waals surface area contributed by atoms with Gasteiger partial charge in [0.05, 0.1) is 13.5 Å². The standard InChI is InChI=1S/C21H25N3O4/c1-28-21(27)18-8-5-11-24(18)20(26)17(12-15-6-3-2-4-7-15)23-19(25)13-16-9-10-22-14-16/h2-4,6-7,9-10,14,17-18,22H,5,8,11-13H2,1H3,(H,23,25)/t17-,18-/m0/s1. The number of likely N-dealkylation sites (tertiary alicyclic amines) is 1. The molecule has 2 N–H and O–H groups in total. The quantitative estimate of drug-likeness (QED) is 0.708. The summed E-state index contributed by atoms with van der Waals surface area (Å²) in [5.41, 5.74) is 1.79. The first-order chi connectivity index (χ1) is 13.6. The molecule has 1 aliphatic heterocycles. The Balaban J connectivity index is 1.75. The Hall–Kier alpha value is -3.09. The minimum atomic E-state index is -0.737. The molecule has 3 rings (SSSR count). The molecule has 148 valence electrons. The van der Waals surface area contributed by atoms with Gasteiger partial charge in [-0.3, -0.25) is 9.59 Å². The van der Waals surface area contributed by atoms with Crippen LogP contribution in [0.5, 0.6) is 0 Å². The summed E-state index contributed by atoms with van der Waals surface area (Å²) in [5.74, 6) is -0.898. The Labute approximate surface area is 164 Å². The number of methoxy groups -OCH3 is 1. The van der Waals surface area contributed by atoms with Crippen LogP contribution in [0.2, 0.25) is 0 Å². The van der Waals surface area contributed by atoms with Gasteiger partial charge in [-0.15, -0.1) is 0 Å². The number of H-pyrrole nitrogens is 1. The van der Waals surface area contributed by atoms with Crippen LogP contribution in [-0.2, 0) is 32.0 Å². The minimum Gasteiger partial charge on any atom is -0.467 e. The molecule has 0 bridgehead atoms. The zero-order chi connectivity index (χ0) is 19.9. The van der Waals surface area contributed by atoms with Crippen molar-refractivity contribution in [3.8, 4) is 0 Å². The molecule has 2 amide bonds. The van der Waals surface area contributed by atoms with E-state index in [9.17, 15) is 14.4 Å². The van der Waals surface area contributed by atoms with Crippen LogP contribution < -0.4 is 5.32 Å². The zero-order valence-electron chi connectivity index (χ0n) is 15.9. The van der Waals surface area contributed by atoms with Gasteiger partial charge in [-0.05, 0) is 30.0 Å². The van der Waals surface area contributed by atoms with E-state index >= 15 is 0 Å². The fourth-order valence-corrected chi connectivity index (χ4v) is 3.56. The second-order valence-electron chi connectivity index (χ2n) is 6.92. The topological polar surface area (TPSA) is 91.5 Å². The molecule has 1 aromatic carbocycles. The number of rotatable bonds is 7. The Morgan fingerprint density at radius 1 is 1.21 bits per heavy atom. The first kappa shape index (κ1) is 19.7. The average molecular weight is 383 g/mol. The van der Waals surface area contributed by atoms with Gasteiger partial charge in [0.25, 0.3) is 0 Å². The maximum absolute atomic E-state index is 13.2. The summed E-state index contributed by atoms with van der Waals surface area (Å²) in [7, 11) is 1.32. The Kier molecular flexibility index (Phi) is 6.47. The van der Waals surface area contributed by atoms with Crippen LogP contribution in [0.3, 0.4) is 0 Å². The predicted octanol–water partition coefficient (Wildman–Crippen LogP) is 1.45. The third-order valence-corrected chi connectivity index (χ3v) is 4.95. The first-order valence-corrected chi connectivity index (χ1v) is 9.41. The molecule has 1 aromatic heterocycles. The van der Waals surface area contributed by atoms with E-state index < -0.39 is 18.1 Å². The van der Waals surface area contributed by atoms with E-state index in [1.165, 1.54) is 12.0 Å². The van der Waals surface area contributed by atoms with Crippen molar-refractivity contribution in [2.45, 2.75) is 37.8 Å². The molecule has 0 aliphatic carbocycles. The summed E-state index contributed by atoms with van der Waals surface area (Å²) in [5, 5.41) is 2.86. The highest BCUT2D eigenvalue weighted by Crippen LogP contribution is 2.20. The van der Waals surface area contributed by atoms with Crippen molar-refractivity contribution >= 4 is 17.8 Å². The summed E-state index contributed by atoms with van der Waals surface area (Å²) < 4.78 is 4.84. The fraction of sp³-hybridized carbons (Fsp3) is 0.381. The number of carbonyl (C=O) groups is 3. The van der Waals surface area contributed by atoms with Gasteiger partial charge in [0.1, 0.15) is 12.1 Å². The Bertz CT molecular complexity index is 804. The second kappa shape index (κ2) is 9.21. The van der Waals surface area contributed by atoms with Gasteiger partial charge in [-0.1, -0.05) is 30.3 Å². The second-order valence-corrected chi connectivity index (χ2v) is 6.92. The fourth-order valence-electron chi connectivity index (χ4n) is 3.56. The lowest BCUT2D eigenvalue weighted by molar-refractivity contribution is -0.151. The number of amides is 2. The van der Waals surface area contributed by atoms with E-state index in [1.54, 1.807) is 12.4 Å². The van der Waals surface area contributed by atoms with Crippen molar-refractivity contribution in [2.75, 3.05) is 13.7 Å². The van der Waals surface area contributed by atoms with Crippen molar-refractivity contribution < 1.29 is 19.1 Å². The van der Waals surface area contributed by atoms with Gasteiger partial charge < -0.3 is 19.9 Å². The van der Waals surface area contributed by atoms with Gasteiger partial charge >= 0.3 is 5.97 Å². The van der Waals surface area contributed by atoms with Crippen molar-refractivity contribution in [1.29, 1.82) is 0 Å². The predicted molar refractivity (Wildman–Crippen MR) is 103 cm³/mol. The summed E-state index contributed by atoms with van der Waals surface area (Å²) in [6.07, 6.45) is 5.36. The van der Waals surface area contributed by atoms with E-state index in [0.29, 0.717) is 19.4 Å². The van der Waals surface area contributed by atoms with Crippen molar-refractivity contribution in [3.05, 3.63) is 59.9 Å². The van der Waals surface area contributed by atoms with Crippen LogP contribution in [0.4, 0.5) is 0 Å². The lowest BCUT2D eigenvalue weighted by Crippen LogP contribution is -2.53. The number of benzene rings is 1. The van der Waals surface area contributed by atoms with Gasteiger partial charge in [0, 0.05) is 25.4 Å². The SMILES string of the molecule is COC(=O)[C@@H]1CCCN1C(=O)[C@H](Cc1ccccc1)NC(=O)Cc1cc[nH]c1. The number of ether oxygens (including phenoxy) is 1. The largest absolute Gasteiger partial charge is 0.467 e. The molecule has 0 unspecified atom stereocenters. The monoisotopic (exact) mass is 383 g/mol. The summed E-state index contributed by atoms with van der Waals surface area (Å²) >= 11 is 0. The number of esters is 1. The van der Waals surface area contributed by atoms with E-state index in [2.05, 4.69) is 10.3 Å². The summed E-state index contributed by atoms with van der Waals surface area (Å²) in [6, 6.07) is 10.0. The van der Waals surface area contributed by atoms with Crippen molar-refractivity contribution in [2.24, 2.45) is 0 Å². The van der Waals surface area contributed by atoms with Gasteiger partial charge in [-0.2, -0.15) is 0 Å². The Morgan fingerprint density at radius 3 is 2.68 bits per heavy atom. The van der Waals surface area contributed by atoms with Crippen LogP contribution in [0.25, 0.3) is 0 Å². The molecule has 2 aromatic rings. The highest BCUT2D eigenvalue weighted by atomic mass is 16.5. The molecule has 7 heteroatoms. The van der Waals surface area contributed by atoms with Crippen molar-refractivity contribution in [1.82, 2.24) is 15.2 Å². The number of aromatic amines is 1. The lowest BCUT2D eigenvalue weighted by atomic mass is 10.0. The summed E-state index contributed by atoms with van der Waals surface area (Å²) in [6.45, 7) is 0.484. The average Bonchev–Trinajstić information content (AvgIpc) is 3.39. The highest BCUT2D eigenvalue weighted by molar-refractivity contribution is 5.91. The molecule has 28 heavy (non-hydrogen) atoms. The number of hydrogen-bond acceptors (Lipinski definition) is 4. The van der Waals surface area contributed by atoms with Gasteiger partial charge in [-0.25, -0.2) is 4.79 Å². The van der Waals surface area contributed by atoms with Crippen LogP contribution in [0, 0.1) is 0 Å². The molecule has 1 aliphatic rings. The first-order valence-electron chi connectivity index (χ1n) is 9.41. The van der Waals surface area contributed by atoms with Crippen LogP contribution in [0.1, 0.15) is 24.0 Å². The number of hydrogen-bond donors (Lipinski definition) is 2. The van der Waals surface area contributed by atoms with E-state index in [1.807, 2.05) is 36.4 Å².